The summed E-state index contributed by atoms with van der Waals surface area (Å²) >= 11 is 87.7. The van der Waals surface area contributed by atoms with Crippen LogP contribution in [0.4, 0.5) is 0 Å². The molecule has 0 atom stereocenters. The lowest BCUT2D eigenvalue weighted by molar-refractivity contribution is 0.290. The van der Waals surface area contributed by atoms with E-state index in [1.807, 2.05) is 0 Å². The van der Waals surface area contributed by atoms with Crippen LogP contribution in [-0.4, -0.2) is 37.0 Å². The molecule has 174 valence electrons. The molecule has 0 heterocycles. The van der Waals surface area contributed by atoms with Gasteiger partial charge in [0.25, 0.3) is 0 Å². The molecule has 0 unspecified atom stereocenters. The largest absolute Gasteiger partial charge is 0.396 e. The highest BCUT2D eigenvalue weighted by Crippen LogP contribution is 2.28. The molecule has 0 aromatic carbocycles. The molecule has 0 spiro atoms. The summed E-state index contributed by atoms with van der Waals surface area (Å²) in [6.45, 7) is -0.0868. The second kappa shape index (κ2) is 35.8. The van der Waals surface area contributed by atoms with Crippen LogP contribution >= 0.6 is 209 Å². The average molecular weight is 760 g/mol. The zero-order chi connectivity index (χ0) is 23.8. The smallest absolute Gasteiger partial charge is 0.192 e. The Balaban J connectivity index is -0.0000000500. The zero-order valence-electron chi connectivity index (χ0n) is 12.1. The van der Waals surface area contributed by atoms with Crippen LogP contribution in [0.15, 0.2) is 0 Å². The summed E-state index contributed by atoms with van der Waals surface area (Å²) in [6.07, 6.45) is 0.192. The molecule has 0 aliphatic carbocycles. The first kappa shape index (κ1) is 45.6. The highest BCUT2D eigenvalue weighted by atomic mass is 35.6. The molecule has 0 aliphatic heterocycles. The minimum Gasteiger partial charge on any atom is -0.396 e. The van der Waals surface area contributed by atoms with Gasteiger partial charge in [0, 0.05) is 13.0 Å². The molecule has 0 aromatic heterocycles. The van der Waals surface area contributed by atoms with Crippen LogP contribution in [0.2, 0.25) is 0 Å². The van der Waals surface area contributed by atoms with E-state index in [4.69, 9.17) is 214 Å². The van der Waals surface area contributed by atoms with Crippen molar-refractivity contribution in [3.8, 4) is 0 Å². The van der Waals surface area contributed by atoms with Gasteiger partial charge >= 0.3 is 0 Å². The van der Waals surface area contributed by atoms with Gasteiger partial charge in [-0.1, -0.05) is 209 Å². The third kappa shape index (κ3) is 315. The standard InChI is InChI=1S/C3H5Cl3O.5CHCl3/c4-3(5,6)1-2-7;5*2-1(3)4/h7H,1-2H2;5*1H. The minimum absolute atomic E-state index is 0.0868. The zero-order valence-corrected chi connectivity index (χ0v) is 25.7. The van der Waals surface area contributed by atoms with Gasteiger partial charge < -0.3 is 5.11 Å². The van der Waals surface area contributed by atoms with Crippen molar-refractivity contribution >= 4 is 209 Å². The summed E-state index contributed by atoms with van der Waals surface area (Å²) in [5.74, 6) is 0. The van der Waals surface area contributed by atoms with Crippen LogP contribution in [-0.2, 0) is 0 Å². The van der Waals surface area contributed by atoms with Crippen molar-refractivity contribution in [2.24, 2.45) is 0 Å². The third-order valence-corrected chi connectivity index (χ3v) is 0.962. The van der Waals surface area contributed by atoms with Crippen LogP contribution in [0.3, 0.4) is 0 Å². The second-order valence-electron chi connectivity index (χ2n) is 2.33. The summed E-state index contributed by atoms with van der Waals surface area (Å²) in [4.78, 5) is 0. The van der Waals surface area contributed by atoms with Gasteiger partial charge in [-0.15, -0.1) is 0 Å². The molecule has 1 nitrogen and oxygen atoms in total. The monoisotopic (exact) mass is 752 g/mol. The fourth-order valence-corrected chi connectivity index (χ4v) is 0.380. The van der Waals surface area contributed by atoms with Crippen molar-refractivity contribution < 1.29 is 5.11 Å². The van der Waals surface area contributed by atoms with Crippen molar-refractivity contribution in [2.45, 2.75) is 31.7 Å². The molecule has 0 rings (SSSR count). The van der Waals surface area contributed by atoms with Crippen molar-refractivity contribution in [3.05, 3.63) is 0 Å². The Morgan fingerprint density at radius 2 is 0.556 bits per heavy atom. The van der Waals surface area contributed by atoms with Gasteiger partial charge in [0.1, 0.15) is 0 Å². The van der Waals surface area contributed by atoms with E-state index in [0.29, 0.717) is 0 Å². The molecule has 0 aliphatic rings. The van der Waals surface area contributed by atoms with Gasteiger partial charge in [-0.05, 0) is 0 Å². The first-order valence-corrected chi connectivity index (χ1v) is 12.7. The molecule has 0 bridgehead atoms. The van der Waals surface area contributed by atoms with Gasteiger partial charge in [-0.2, -0.15) is 0 Å². The van der Waals surface area contributed by atoms with E-state index in [9.17, 15) is 0 Å². The molecular formula is C8H10Cl18O. The Bertz CT molecular complexity index is 169. The minimum atomic E-state index is -1.28. The van der Waals surface area contributed by atoms with Crippen molar-refractivity contribution in [1.82, 2.24) is 0 Å². The number of aliphatic hydroxyl groups is 1. The predicted octanol–water partition coefficient (Wildman–Crippen LogP) is 11.7. The van der Waals surface area contributed by atoms with Crippen molar-refractivity contribution in [1.29, 1.82) is 0 Å². The number of hydrogen-bond donors (Lipinski definition) is 1. The van der Waals surface area contributed by atoms with E-state index < -0.39 is 25.3 Å². The van der Waals surface area contributed by atoms with Gasteiger partial charge in [0.2, 0.25) is 0 Å². The predicted molar refractivity (Wildman–Crippen MR) is 139 cm³/mol. The van der Waals surface area contributed by atoms with Crippen LogP contribution < -0.4 is 0 Å². The first-order valence-electron chi connectivity index (χ1n) is 5.01. The van der Waals surface area contributed by atoms with Crippen molar-refractivity contribution in [3.63, 3.8) is 0 Å². The lowest BCUT2D eigenvalue weighted by Gasteiger charge is -2.05. The van der Waals surface area contributed by atoms with E-state index in [1.54, 1.807) is 0 Å². The molecule has 0 saturated heterocycles. The summed E-state index contributed by atoms with van der Waals surface area (Å²) in [6, 6.07) is 0. The van der Waals surface area contributed by atoms with E-state index in [2.05, 4.69) is 0 Å². The summed E-state index contributed by atoms with van der Waals surface area (Å²) in [5, 5.41) is 8.15. The highest BCUT2D eigenvalue weighted by molar-refractivity contribution is 6.67. The molecule has 27 heavy (non-hydrogen) atoms. The topological polar surface area (TPSA) is 20.2 Å². The lowest BCUT2D eigenvalue weighted by atomic mass is 10.5. The fraction of sp³-hybridized carbons (Fsp3) is 1.00. The number of hydrogen-bond acceptors (Lipinski definition) is 1. The molecule has 0 saturated carbocycles. The average Bonchev–Trinajstić information content (AvgIpc) is 2.21. The van der Waals surface area contributed by atoms with Gasteiger partial charge in [-0.3, -0.25) is 0 Å². The molecular weight excluding hydrogens is 750 g/mol. The quantitative estimate of drug-likeness (QED) is 0.264. The maximum absolute atomic E-state index is 8.15. The fourth-order valence-electron chi connectivity index (χ4n) is 0.127. The summed E-state index contributed by atoms with van der Waals surface area (Å²) in [7, 11) is 0. The molecule has 19 heteroatoms. The Kier molecular flexibility index (Phi) is 60.5. The Morgan fingerprint density at radius 1 is 0.444 bits per heavy atom. The number of halogens is 18. The molecule has 0 amide bonds. The Hall–Kier alpha value is 5.18. The van der Waals surface area contributed by atoms with Crippen LogP contribution in [0.1, 0.15) is 6.42 Å². The van der Waals surface area contributed by atoms with Gasteiger partial charge in [0.05, 0.1) is 0 Å². The first-order chi connectivity index (χ1) is 11.7. The van der Waals surface area contributed by atoms with E-state index in [-0.39, 0.29) is 13.0 Å². The number of alkyl halides is 18. The second-order valence-corrected chi connectivity index (χ2v) is 14.7. The summed E-state index contributed by atoms with van der Waals surface area (Å²) < 4.78 is -5.03. The van der Waals surface area contributed by atoms with Crippen LogP contribution in [0, 0.1) is 0 Å². The van der Waals surface area contributed by atoms with Crippen molar-refractivity contribution in [2.75, 3.05) is 6.61 Å². The summed E-state index contributed by atoms with van der Waals surface area (Å²) in [5.41, 5.74) is 0. The maximum atomic E-state index is 8.15. The Morgan fingerprint density at radius 3 is 0.556 bits per heavy atom. The molecule has 0 aromatic rings. The normalized spacial score (nSPS) is 9.78. The van der Waals surface area contributed by atoms with Crippen LogP contribution in [0.25, 0.3) is 0 Å². The van der Waals surface area contributed by atoms with Crippen LogP contribution in [0.5, 0.6) is 0 Å². The number of rotatable bonds is 1. The highest BCUT2D eigenvalue weighted by Gasteiger charge is 2.17. The SMILES string of the molecule is ClC(Cl)Cl.ClC(Cl)Cl.ClC(Cl)Cl.ClC(Cl)Cl.ClC(Cl)Cl.OCCC(Cl)(Cl)Cl. The maximum Gasteiger partial charge on any atom is 0.192 e. The molecule has 1 N–H and O–H groups in total. The lowest BCUT2D eigenvalue weighted by Crippen LogP contribution is -2.03. The Labute approximate surface area is 249 Å². The third-order valence-electron chi connectivity index (χ3n) is 0.395. The number of aliphatic hydroxyl groups excluding tert-OH is 1. The molecule has 0 radical (unpaired) electrons. The van der Waals surface area contributed by atoms with E-state index in [0.717, 1.165) is 0 Å². The van der Waals surface area contributed by atoms with Gasteiger partial charge in [-0.25, -0.2) is 0 Å². The molecule has 0 fully saturated rings. The van der Waals surface area contributed by atoms with E-state index in [1.165, 1.54) is 0 Å². The van der Waals surface area contributed by atoms with Gasteiger partial charge in [0.15, 0.2) is 25.3 Å². The van der Waals surface area contributed by atoms with E-state index >= 15 is 0 Å².